The van der Waals surface area contributed by atoms with E-state index >= 15 is 0 Å². The second-order valence-electron chi connectivity index (χ2n) is 5.87. The molecule has 1 aliphatic carbocycles. The number of methoxy groups -OCH3 is 1. The average molecular weight is 340 g/mol. The molecule has 6 nitrogen and oxygen atoms in total. The third-order valence-electron chi connectivity index (χ3n) is 4.24. The first-order valence-electron chi connectivity index (χ1n) is 7.67. The van der Waals surface area contributed by atoms with Crippen LogP contribution >= 0.6 is 11.6 Å². The van der Waals surface area contributed by atoms with Gasteiger partial charge in [-0.1, -0.05) is 30.9 Å². The van der Waals surface area contributed by atoms with Crippen LogP contribution in [0.4, 0.5) is 0 Å². The molecule has 7 heteroatoms. The quantitative estimate of drug-likeness (QED) is 0.675. The van der Waals surface area contributed by atoms with Gasteiger partial charge in [-0.25, -0.2) is 4.79 Å². The maximum absolute atomic E-state index is 12.3. The molecule has 0 aromatic carbocycles. The Morgan fingerprint density at radius 3 is 2.52 bits per heavy atom. The van der Waals surface area contributed by atoms with E-state index in [1.165, 1.54) is 13.2 Å². The summed E-state index contributed by atoms with van der Waals surface area (Å²) in [6.07, 6.45) is 7.06. The number of aryl methyl sites for hydroxylation is 2. The molecule has 0 aliphatic heterocycles. The van der Waals surface area contributed by atoms with Crippen molar-refractivity contribution in [3.63, 3.8) is 0 Å². The van der Waals surface area contributed by atoms with Gasteiger partial charge in [0.25, 0.3) is 0 Å². The van der Waals surface area contributed by atoms with Crippen molar-refractivity contribution in [3.8, 4) is 0 Å². The Labute approximate surface area is 140 Å². The van der Waals surface area contributed by atoms with Crippen LogP contribution in [-0.2, 0) is 21.4 Å². The Hall–Kier alpha value is -1.82. The fourth-order valence-electron chi connectivity index (χ4n) is 3.00. The molecule has 0 saturated heterocycles. The van der Waals surface area contributed by atoms with Crippen molar-refractivity contribution < 1.29 is 14.3 Å². The van der Waals surface area contributed by atoms with E-state index in [1.807, 2.05) is 6.92 Å². The van der Waals surface area contributed by atoms with Crippen LogP contribution in [0.1, 0.15) is 43.4 Å². The fourth-order valence-corrected chi connectivity index (χ4v) is 3.24. The zero-order valence-corrected chi connectivity index (χ0v) is 14.4. The van der Waals surface area contributed by atoms with Gasteiger partial charge in [-0.05, 0) is 25.8 Å². The summed E-state index contributed by atoms with van der Waals surface area (Å²) in [5.74, 6) is -0.717. The first-order chi connectivity index (χ1) is 10.9. The Kier molecular flexibility index (Phi) is 5.46. The zero-order valence-electron chi connectivity index (χ0n) is 13.7. The number of ether oxygens (including phenoxy) is 1. The van der Waals surface area contributed by atoms with Crippen LogP contribution in [0.25, 0.3) is 6.08 Å². The van der Waals surface area contributed by atoms with Gasteiger partial charge in [0.15, 0.2) is 0 Å². The number of nitrogens with zero attached hydrogens (tertiary/aromatic N) is 2. The second-order valence-corrected chi connectivity index (χ2v) is 6.23. The van der Waals surface area contributed by atoms with Crippen molar-refractivity contribution >= 4 is 29.6 Å². The monoisotopic (exact) mass is 339 g/mol. The van der Waals surface area contributed by atoms with Crippen LogP contribution in [0, 0.1) is 6.92 Å². The van der Waals surface area contributed by atoms with Crippen molar-refractivity contribution in [2.45, 2.75) is 44.6 Å². The number of amides is 1. The van der Waals surface area contributed by atoms with Crippen LogP contribution in [0.5, 0.6) is 0 Å². The number of esters is 1. The predicted octanol–water partition coefficient (Wildman–Crippen LogP) is 2.39. The molecule has 0 spiro atoms. The van der Waals surface area contributed by atoms with Crippen molar-refractivity contribution in [2.24, 2.45) is 7.05 Å². The third kappa shape index (κ3) is 3.75. The Morgan fingerprint density at radius 2 is 2.00 bits per heavy atom. The van der Waals surface area contributed by atoms with Gasteiger partial charge >= 0.3 is 5.97 Å². The van der Waals surface area contributed by atoms with Gasteiger partial charge in [-0.15, -0.1) is 0 Å². The van der Waals surface area contributed by atoms with E-state index < -0.39 is 5.54 Å². The normalized spacial score (nSPS) is 17.2. The minimum absolute atomic E-state index is 0.336. The highest BCUT2D eigenvalue weighted by Gasteiger charge is 2.41. The molecule has 1 fully saturated rings. The van der Waals surface area contributed by atoms with Crippen LogP contribution < -0.4 is 5.32 Å². The summed E-state index contributed by atoms with van der Waals surface area (Å²) >= 11 is 6.13. The third-order valence-corrected chi connectivity index (χ3v) is 4.69. The molecule has 23 heavy (non-hydrogen) atoms. The van der Waals surface area contributed by atoms with E-state index in [0.717, 1.165) is 25.0 Å². The smallest absolute Gasteiger partial charge is 0.331 e. The lowest BCUT2D eigenvalue weighted by Crippen LogP contribution is -2.55. The molecule has 0 atom stereocenters. The summed E-state index contributed by atoms with van der Waals surface area (Å²) in [6, 6.07) is 0. The molecule has 0 bridgehead atoms. The largest absolute Gasteiger partial charge is 0.467 e. The van der Waals surface area contributed by atoms with Crippen LogP contribution in [-0.4, -0.2) is 34.3 Å². The highest BCUT2D eigenvalue weighted by atomic mass is 35.5. The summed E-state index contributed by atoms with van der Waals surface area (Å²) < 4.78 is 6.43. The molecule has 1 amide bonds. The minimum atomic E-state index is -0.914. The van der Waals surface area contributed by atoms with Crippen molar-refractivity contribution in [3.05, 3.63) is 22.5 Å². The number of hydrogen-bond acceptors (Lipinski definition) is 4. The highest BCUT2D eigenvalue weighted by Crippen LogP contribution is 2.29. The Morgan fingerprint density at radius 1 is 1.35 bits per heavy atom. The Balaban J connectivity index is 2.13. The number of hydrogen-bond donors (Lipinski definition) is 1. The van der Waals surface area contributed by atoms with Gasteiger partial charge in [0.1, 0.15) is 10.7 Å². The molecule has 1 aromatic heterocycles. The van der Waals surface area contributed by atoms with E-state index in [-0.39, 0.29) is 11.9 Å². The first-order valence-corrected chi connectivity index (χ1v) is 8.05. The maximum Gasteiger partial charge on any atom is 0.331 e. The first kappa shape index (κ1) is 17.5. The van der Waals surface area contributed by atoms with E-state index in [9.17, 15) is 9.59 Å². The SMILES string of the molecule is COC(=O)C1(NC(=O)/C=C/c2c(C)nn(C)c2Cl)CCCCC1. The number of halogens is 1. The number of carbonyl (C=O) groups excluding carboxylic acids is 2. The van der Waals surface area contributed by atoms with Gasteiger partial charge in [-0.2, -0.15) is 5.10 Å². The van der Waals surface area contributed by atoms with Gasteiger partial charge in [0, 0.05) is 18.7 Å². The van der Waals surface area contributed by atoms with Crippen LogP contribution in [0.3, 0.4) is 0 Å². The van der Waals surface area contributed by atoms with E-state index in [2.05, 4.69) is 10.4 Å². The van der Waals surface area contributed by atoms with Crippen LogP contribution in [0.15, 0.2) is 6.08 Å². The standard InChI is InChI=1S/C16H22ClN3O3/c1-11-12(14(17)20(2)19-11)7-8-13(21)18-16(15(22)23-3)9-5-4-6-10-16/h7-8H,4-6,9-10H2,1-3H3,(H,18,21)/b8-7+. The van der Waals surface area contributed by atoms with Gasteiger partial charge in [0.2, 0.25) is 5.91 Å². The Bertz CT molecular complexity index is 631. The van der Waals surface area contributed by atoms with Crippen molar-refractivity contribution in [2.75, 3.05) is 7.11 Å². The number of nitrogens with one attached hydrogen (secondary N) is 1. The lowest BCUT2D eigenvalue weighted by atomic mass is 9.81. The topological polar surface area (TPSA) is 73.2 Å². The molecule has 1 heterocycles. The summed E-state index contributed by atoms with van der Waals surface area (Å²) in [6.45, 7) is 1.82. The summed E-state index contributed by atoms with van der Waals surface area (Å²) in [5, 5.41) is 7.48. The summed E-state index contributed by atoms with van der Waals surface area (Å²) in [4.78, 5) is 24.4. The minimum Gasteiger partial charge on any atom is -0.467 e. The fraction of sp³-hybridized carbons (Fsp3) is 0.562. The number of carbonyl (C=O) groups is 2. The van der Waals surface area contributed by atoms with E-state index in [0.29, 0.717) is 23.6 Å². The lowest BCUT2D eigenvalue weighted by Gasteiger charge is -2.34. The van der Waals surface area contributed by atoms with Crippen molar-refractivity contribution in [1.82, 2.24) is 15.1 Å². The van der Waals surface area contributed by atoms with Crippen LogP contribution in [0.2, 0.25) is 5.15 Å². The van der Waals surface area contributed by atoms with Gasteiger partial charge in [-0.3, -0.25) is 9.48 Å². The molecular weight excluding hydrogens is 318 g/mol. The molecule has 1 aromatic rings. The molecule has 1 N–H and O–H groups in total. The molecule has 2 rings (SSSR count). The summed E-state index contributed by atoms with van der Waals surface area (Å²) in [5.41, 5.74) is 0.518. The van der Waals surface area contributed by atoms with E-state index in [1.54, 1.807) is 17.8 Å². The van der Waals surface area contributed by atoms with Gasteiger partial charge in [0.05, 0.1) is 12.8 Å². The summed E-state index contributed by atoms with van der Waals surface area (Å²) in [7, 11) is 3.08. The molecule has 0 unspecified atom stereocenters. The number of rotatable bonds is 4. The molecular formula is C16H22ClN3O3. The number of aromatic nitrogens is 2. The highest BCUT2D eigenvalue weighted by molar-refractivity contribution is 6.31. The lowest BCUT2D eigenvalue weighted by molar-refractivity contribution is -0.152. The van der Waals surface area contributed by atoms with E-state index in [4.69, 9.17) is 16.3 Å². The zero-order chi connectivity index (χ0) is 17.0. The molecule has 1 saturated carbocycles. The molecule has 126 valence electrons. The predicted molar refractivity (Wildman–Crippen MR) is 88.0 cm³/mol. The molecule has 0 radical (unpaired) electrons. The molecule has 1 aliphatic rings. The van der Waals surface area contributed by atoms with Gasteiger partial charge < -0.3 is 10.1 Å². The maximum atomic E-state index is 12.3. The second kappa shape index (κ2) is 7.17. The van der Waals surface area contributed by atoms with Crippen molar-refractivity contribution in [1.29, 1.82) is 0 Å². The average Bonchev–Trinajstić information content (AvgIpc) is 2.78.